The minimum atomic E-state index is 0.0974. The van der Waals surface area contributed by atoms with Gasteiger partial charge in [0.15, 0.2) is 0 Å². The molecule has 0 atom stereocenters. The van der Waals surface area contributed by atoms with Crippen LogP contribution in [0.1, 0.15) is 24.0 Å². The van der Waals surface area contributed by atoms with E-state index in [0.29, 0.717) is 0 Å². The average Bonchev–Trinajstić information content (AvgIpc) is 2.60. The number of nitrogens with one attached hydrogen (secondary N) is 1. The molecule has 0 unspecified atom stereocenters. The summed E-state index contributed by atoms with van der Waals surface area (Å²) in [5.74, 6) is 0.246. The predicted octanol–water partition coefficient (Wildman–Crippen LogP) is 5.10. The van der Waals surface area contributed by atoms with Crippen molar-refractivity contribution >= 4 is 45.8 Å². The number of anilines is 1. The summed E-state index contributed by atoms with van der Waals surface area (Å²) in [5, 5.41) is 3.87. The summed E-state index contributed by atoms with van der Waals surface area (Å²) in [6.07, 6.45) is 1.81. The first-order chi connectivity index (χ1) is 12.0. The van der Waals surface area contributed by atoms with E-state index in [9.17, 15) is 4.79 Å². The maximum atomic E-state index is 12.6. The van der Waals surface area contributed by atoms with Crippen molar-refractivity contribution in [2.24, 2.45) is 5.92 Å². The van der Waals surface area contributed by atoms with E-state index in [-0.39, 0.29) is 11.8 Å². The van der Waals surface area contributed by atoms with Crippen molar-refractivity contribution in [3.05, 3.63) is 62.2 Å². The van der Waals surface area contributed by atoms with Gasteiger partial charge in [-0.15, -0.1) is 0 Å². The van der Waals surface area contributed by atoms with Crippen molar-refractivity contribution in [3.8, 4) is 0 Å². The molecule has 0 aliphatic carbocycles. The third kappa shape index (κ3) is 5.19. The number of aryl methyl sites for hydroxylation is 1. The highest BCUT2D eigenvalue weighted by Crippen LogP contribution is 2.23. The van der Waals surface area contributed by atoms with Crippen LogP contribution in [0.15, 0.2) is 42.5 Å². The van der Waals surface area contributed by atoms with Crippen molar-refractivity contribution in [2.75, 3.05) is 18.4 Å². The Hall–Kier alpha value is -1.11. The summed E-state index contributed by atoms with van der Waals surface area (Å²) in [6, 6.07) is 14.1. The van der Waals surface area contributed by atoms with Crippen LogP contribution in [0.5, 0.6) is 0 Å². The molecular formula is C20H22ClIN2O. The topological polar surface area (TPSA) is 32.3 Å². The first-order valence-electron chi connectivity index (χ1n) is 8.55. The summed E-state index contributed by atoms with van der Waals surface area (Å²) < 4.78 is 1.18. The van der Waals surface area contributed by atoms with E-state index in [2.05, 4.69) is 51.0 Å². The van der Waals surface area contributed by atoms with E-state index in [4.69, 9.17) is 11.6 Å². The first-order valence-corrected chi connectivity index (χ1v) is 10.0. The second kappa shape index (κ2) is 8.52. The number of rotatable bonds is 4. The molecule has 1 heterocycles. The highest BCUT2D eigenvalue weighted by Gasteiger charge is 2.25. The van der Waals surface area contributed by atoms with Crippen molar-refractivity contribution in [2.45, 2.75) is 26.3 Å². The van der Waals surface area contributed by atoms with Crippen LogP contribution >= 0.6 is 34.2 Å². The van der Waals surface area contributed by atoms with Crippen LogP contribution in [0.3, 0.4) is 0 Å². The van der Waals surface area contributed by atoms with E-state index in [0.717, 1.165) is 48.7 Å². The van der Waals surface area contributed by atoms with Crippen LogP contribution in [0, 0.1) is 16.4 Å². The number of carbonyl (C=O) groups excluding carboxylic acids is 1. The van der Waals surface area contributed by atoms with Gasteiger partial charge in [0.05, 0.1) is 0 Å². The molecule has 25 heavy (non-hydrogen) atoms. The second-order valence-corrected chi connectivity index (χ2v) is 8.31. The Morgan fingerprint density at radius 1 is 1.20 bits per heavy atom. The normalized spacial score (nSPS) is 16.0. The Kier molecular flexibility index (Phi) is 6.36. The molecule has 1 amide bonds. The number of carbonyl (C=O) groups is 1. The van der Waals surface area contributed by atoms with Crippen LogP contribution in [-0.4, -0.2) is 23.9 Å². The quantitative estimate of drug-likeness (QED) is 0.633. The SMILES string of the molecule is Cc1cc(I)ccc1NC(=O)C1CCN(Cc2ccc(Cl)cc2)CC1. The van der Waals surface area contributed by atoms with Gasteiger partial charge in [0.2, 0.25) is 5.91 Å². The molecule has 5 heteroatoms. The molecule has 1 aliphatic heterocycles. The fourth-order valence-electron chi connectivity index (χ4n) is 3.20. The molecule has 0 bridgehead atoms. The van der Waals surface area contributed by atoms with Crippen molar-refractivity contribution in [1.29, 1.82) is 0 Å². The summed E-state index contributed by atoms with van der Waals surface area (Å²) >= 11 is 8.22. The number of likely N-dealkylation sites (tertiary alicyclic amines) is 1. The molecule has 3 nitrogen and oxygen atoms in total. The molecule has 1 fully saturated rings. The lowest BCUT2D eigenvalue weighted by Gasteiger charge is -2.31. The summed E-state index contributed by atoms with van der Waals surface area (Å²) in [5.41, 5.74) is 3.30. The third-order valence-corrected chi connectivity index (χ3v) is 5.65. The fraction of sp³-hybridized carbons (Fsp3) is 0.350. The van der Waals surface area contributed by atoms with Crippen LogP contribution in [0.25, 0.3) is 0 Å². The van der Waals surface area contributed by atoms with E-state index in [1.807, 2.05) is 31.2 Å². The first kappa shape index (κ1) is 18.7. The van der Waals surface area contributed by atoms with E-state index in [1.165, 1.54) is 9.13 Å². The van der Waals surface area contributed by atoms with Crippen molar-refractivity contribution in [3.63, 3.8) is 0 Å². The van der Waals surface area contributed by atoms with Crippen LogP contribution in [0.4, 0.5) is 5.69 Å². The minimum Gasteiger partial charge on any atom is -0.326 e. The second-order valence-electron chi connectivity index (χ2n) is 6.63. The van der Waals surface area contributed by atoms with Crippen LogP contribution < -0.4 is 5.32 Å². The zero-order valence-electron chi connectivity index (χ0n) is 14.3. The number of benzene rings is 2. The van der Waals surface area contributed by atoms with Crippen LogP contribution in [-0.2, 0) is 11.3 Å². The Morgan fingerprint density at radius 2 is 1.88 bits per heavy atom. The minimum absolute atomic E-state index is 0.0974. The average molecular weight is 469 g/mol. The van der Waals surface area contributed by atoms with Gasteiger partial charge in [-0.3, -0.25) is 9.69 Å². The zero-order chi connectivity index (χ0) is 17.8. The molecule has 132 valence electrons. The molecule has 2 aromatic rings. The summed E-state index contributed by atoms with van der Waals surface area (Å²) in [4.78, 5) is 15.0. The molecular weight excluding hydrogens is 447 g/mol. The lowest BCUT2D eigenvalue weighted by Crippen LogP contribution is -2.37. The van der Waals surface area contributed by atoms with Gasteiger partial charge in [-0.25, -0.2) is 0 Å². The van der Waals surface area contributed by atoms with Crippen molar-refractivity contribution < 1.29 is 4.79 Å². The maximum absolute atomic E-state index is 12.6. The van der Waals surface area contributed by atoms with E-state index >= 15 is 0 Å². The van der Waals surface area contributed by atoms with Crippen molar-refractivity contribution in [1.82, 2.24) is 4.90 Å². The van der Waals surface area contributed by atoms with Gasteiger partial charge < -0.3 is 5.32 Å². The molecule has 1 aliphatic rings. The number of amides is 1. The van der Waals surface area contributed by atoms with Gasteiger partial charge in [-0.2, -0.15) is 0 Å². The van der Waals surface area contributed by atoms with Gasteiger partial charge in [0.25, 0.3) is 0 Å². The Labute approximate surface area is 167 Å². The fourth-order valence-corrected chi connectivity index (χ4v) is 3.98. The standard InChI is InChI=1S/C20H22ClIN2O/c1-14-12-18(22)6-7-19(14)23-20(25)16-8-10-24(11-9-16)13-15-2-4-17(21)5-3-15/h2-7,12,16H,8-11,13H2,1H3,(H,23,25). The lowest BCUT2D eigenvalue weighted by atomic mass is 9.95. The largest absolute Gasteiger partial charge is 0.326 e. The number of halogens is 2. The summed E-state index contributed by atoms with van der Waals surface area (Å²) in [6.45, 7) is 4.85. The van der Waals surface area contributed by atoms with Gasteiger partial charge >= 0.3 is 0 Å². The molecule has 1 N–H and O–H groups in total. The summed E-state index contributed by atoms with van der Waals surface area (Å²) in [7, 11) is 0. The third-order valence-electron chi connectivity index (χ3n) is 4.72. The Balaban J connectivity index is 1.51. The van der Waals surface area contributed by atoms with Gasteiger partial charge in [-0.1, -0.05) is 23.7 Å². The number of hydrogen-bond acceptors (Lipinski definition) is 2. The smallest absolute Gasteiger partial charge is 0.227 e. The van der Waals surface area contributed by atoms with Crippen LogP contribution in [0.2, 0.25) is 5.02 Å². The monoisotopic (exact) mass is 468 g/mol. The molecule has 0 saturated carbocycles. The predicted molar refractivity (Wildman–Crippen MR) is 112 cm³/mol. The molecule has 1 saturated heterocycles. The molecule has 2 aromatic carbocycles. The molecule has 0 radical (unpaired) electrons. The Bertz CT molecular complexity index is 740. The highest BCUT2D eigenvalue weighted by atomic mass is 127. The van der Waals surface area contributed by atoms with E-state index in [1.54, 1.807) is 0 Å². The van der Waals surface area contributed by atoms with Gasteiger partial charge in [0, 0.05) is 26.7 Å². The zero-order valence-corrected chi connectivity index (χ0v) is 17.2. The van der Waals surface area contributed by atoms with Gasteiger partial charge in [0.1, 0.15) is 0 Å². The number of nitrogens with zero attached hydrogens (tertiary/aromatic N) is 1. The van der Waals surface area contributed by atoms with Gasteiger partial charge in [-0.05, 0) is 96.9 Å². The molecule has 3 rings (SSSR count). The number of piperidine rings is 1. The lowest BCUT2D eigenvalue weighted by molar-refractivity contribution is -0.121. The molecule has 0 spiro atoms. The number of hydrogen-bond donors (Lipinski definition) is 1. The Morgan fingerprint density at radius 3 is 2.52 bits per heavy atom. The maximum Gasteiger partial charge on any atom is 0.227 e. The highest BCUT2D eigenvalue weighted by molar-refractivity contribution is 14.1. The molecule has 0 aromatic heterocycles. The van der Waals surface area contributed by atoms with E-state index < -0.39 is 0 Å².